The first kappa shape index (κ1) is 10.0. The van der Waals surface area contributed by atoms with Gasteiger partial charge in [-0.15, -0.1) is 0 Å². The van der Waals surface area contributed by atoms with E-state index in [0.717, 1.165) is 4.90 Å². The molecule has 0 aliphatic heterocycles. The fraction of sp³-hybridized carbons (Fsp3) is 0.286. The third-order valence-corrected chi connectivity index (χ3v) is 1.64. The highest BCUT2D eigenvalue weighted by Gasteiger charge is 2.15. The molecular weight excluding hydrogens is 184 g/mol. The Hall–Kier alpha value is -2.05. The highest BCUT2D eigenvalue weighted by atomic mass is 16.2. The highest BCUT2D eigenvalue weighted by molar-refractivity contribution is 5.93. The third kappa shape index (κ3) is 2.22. The molecule has 0 saturated carbocycles. The monoisotopic (exact) mass is 196 g/mol. The number of aromatic amines is 1. The van der Waals surface area contributed by atoms with Gasteiger partial charge in [0.15, 0.2) is 5.96 Å². The fourth-order valence-electron chi connectivity index (χ4n) is 0.944. The summed E-state index contributed by atoms with van der Waals surface area (Å²) in [6.45, 7) is 0.203. The minimum Gasteiger partial charge on any atom is -0.370 e. The van der Waals surface area contributed by atoms with E-state index in [0.29, 0.717) is 5.69 Å². The lowest BCUT2D eigenvalue weighted by molar-refractivity contribution is 0.220. The van der Waals surface area contributed by atoms with E-state index in [2.05, 4.69) is 15.5 Å². The van der Waals surface area contributed by atoms with Crippen molar-refractivity contribution in [3.63, 3.8) is 0 Å². The smallest absolute Gasteiger partial charge is 0.324 e. The van der Waals surface area contributed by atoms with Crippen molar-refractivity contribution in [3.05, 3.63) is 18.0 Å². The summed E-state index contributed by atoms with van der Waals surface area (Å²) in [6.07, 6.45) is 1.57. The van der Waals surface area contributed by atoms with Crippen LogP contribution in [0.1, 0.15) is 5.69 Å². The van der Waals surface area contributed by atoms with Gasteiger partial charge in [0.25, 0.3) is 0 Å². The number of aromatic nitrogens is 2. The van der Waals surface area contributed by atoms with Gasteiger partial charge >= 0.3 is 6.03 Å². The molecule has 0 aromatic carbocycles. The molecule has 0 bridgehead atoms. The number of nitrogens with two attached hydrogens (primary N) is 1. The number of H-pyrrole nitrogens is 1. The van der Waals surface area contributed by atoms with Crippen molar-refractivity contribution < 1.29 is 4.79 Å². The second kappa shape index (κ2) is 4.26. The molecule has 1 rings (SSSR count). The summed E-state index contributed by atoms with van der Waals surface area (Å²) in [4.78, 5) is 12.3. The van der Waals surface area contributed by atoms with Crippen molar-refractivity contribution in [1.29, 1.82) is 5.41 Å². The summed E-state index contributed by atoms with van der Waals surface area (Å²) in [5, 5.41) is 16.0. The van der Waals surface area contributed by atoms with Crippen molar-refractivity contribution in [2.24, 2.45) is 5.73 Å². The summed E-state index contributed by atoms with van der Waals surface area (Å²) in [7, 11) is 1.48. The van der Waals surface area contributed by atoms with Gasteiger partial charge in [0.2, 0.25) is 0 Å². The van der Waals surface area contributed by atoms with Gasteiger partial charge in [-0.25, -0.2) is 4.79 Å². The van der Waals surface area contributed by atoms with Crippen molar-refractivity contribution in [1.82, 2.24) is 20.4 Å². The van der Waals surface area contributed by atoms with Crippen LogP contribution in [0, 0.1) is 5.41 Å². The third-order valence-electron chi connectivity index (χ3n) is 1.64. The predicted molar refractivity (Wildman–Crippen MR) is 50.5 cm³/mol. The summed E-state index contributed by atoms with van der Waals surface area (Å²) < 4.78 is 0. The topological polar surface area (TPSA) is 111 Å². The maximum Gasteiger partial charge on any atom is 0.324 e. The lowest BCUT2D eigenvalue weighted by Crippen LogP contribution is -2.45. The zero-order valence-electron chi connectivity index (χ0n) is 7.74. The van der Waals surface area contributed by atoms with Gasteiger partial charge in [-0.05, 0) is 6.07 Å². The quantitative estimate of drug-likeness (QED) is 0.376. The van der Waals surface area contributed by atoms with Crippen LogP contribution in [0.4, 0.5) is 4.79 Å². The SMILES string of the molecule is CNC(=O)N(Cc1ccn[nH]1)C(=N)N. The van der Waals surface area contributed by atoms with Crippen LogP contribution in [0.3, 0.4) is 0 Å². The van der Waals surface area contributed by atoms with Gasteiger partial charge in [-0.3, -0.25) is 15.4 Å². The highest BCUT2D eigenvalue weighted by Crippen LogP contribution is 1.99. The van der Waals surface area contributed by atoms with Gasteiger partial charge in [0.05, 0.1) is 12.2 Å². The number of rotatable bonds is 2. The molecule has 14 heavy (non-hydrogen) atoms. The maximum atomic E-state index is 11.2. The van der Waals surface area contributed by atoms with E-state index < -0.39 is 6.03 Å². The number of hydrogen-bond acceptors (Lipinski definition) is 3. The summed E-state index contributed by atoms with van der Waals surface area (Å²) in [6, 6.07) is 1.28. The van der Waals surface area contributed by atoms with Crippen LogP contribution in [-0.2, 0) is 6.54 Å². The molecule has 2 amide bonds. The number of urea groups is 1. The van der Waals surface area contributed by atoms with Crippen molar-refractivity contribution in [2.45, 2.75) is 6.54 Å². The molecule has 0 saturated heterocycles. The van der Waals surface area contributed by atoms with E-state index >= 15 is 0 Å². The molecule has 0 radical (unpaired) electrons. The van der Waals surface area contributed by atoms with E-state index in [9.17, 15) is 4.79 Å². The molecular formula is C7H12N6O. The average molecular weight is 196 g/mol. The number of guanidine groups is 1. The van der Waals surface area contributed by atoms with Crippen LogP contribution in [0.25, 0.3) is 0 Å². The number of hydrogen-bond donors (Lipinski definition) is 4. The first-order valence-electron chi connectivity index (χ1n) is 3.96. The molecule has 1 aromatic heterocycles. The Morgan fingerprint density at radius 3 is 3.00 bits per heavy atom. The van der Waals surface area contributed by atoms with Crippen LogP contribution >= 0.6 is 0 Å². The molecule has 0 fully saturated rings. The number of carbonyl (C=O) groups excluding carboxylic acids is 1. The number of carbonyl (C=O) groups is 1. The van der Waals surface area contributed by atoms with Gasteiger partial charge in [0, 0.05) is 13.2 Å². The van der Waals surface area contributed by atoms with Gasteiger partial charge in [0.1, 0.15) is 0 Å². The second-order valence-corrected chi connectivity index (χ2v) is 2.61. The molecule has 1 heterocycles. The normalized spacial score (nSPS) is 9.50. The summed E-state index contributed by atoms with van der Waals surface area (Å²) in [5.41, 5.74) is 5.96. The molecule has 7 heteroatoms. The predicted octanol–water partition coefficient (Wildman–Crippen LogP) is -0.555. The Balaban J connectivity index is 2.70. The molecule has 0 spiro atoms. The van der Waals surface area contributed by atoms with Crippen molar-refractivity contribution >= 4 is 12.0 Å². The van der Waals surface area contributed by atoms with Crippen LogP contribution in [0.2, 0.25) is 0 Å². The van der Waals surface area contributed by atoms with Crippen molar-refractivity contribution in [3.8, 4) is 0 Å². The molecule has 7 nitrogen and oxygen atoms in total. The second-order valence-electron chi connectivity index (χ2n) is 2.61. The molecule has 76 valence electrons. The molecule has 1 aromatic rings. The molecule has 0 aliphatic rings. The molecule has 0 aliphatic carbocycles. The molecule has 0 unspecified atom stereocenters. The molecule has 0 atom stereocenters. The Kier molecular flexibility index (Phi) is 3.05. The van der Waals surface area contributed by atoms with Crippen LogP contribution in [0.5, 0.6) is 0 Å². The zero-order valence-corrected chi connectivity index (χ0v) is 7.74. The van der Waals surface area contributed by atoms with Gasteiger partial charge in [-0.1, -0.05) is 0 Å². The minimum atomic E-state index is -0.424. The Labute approximate surface area is 80.8 Å². The molecule has 5 N–H and O–H groups in total. The Morgan fingerprint density at radius 2 is 2.57 bits per heavy atom. The first-order valence-corrected chi connectivity index (χ1v) is 3.96. The fourth-order valence-corrected chi connectivity index (χ4v) is 0.944. The van der Waals surface area contributed by atoms with E-state index in [1.54, 1.807) is 12.3 Å². The van der Waals surface area contributed by atoms with Crippen molar-refractivity contribution in [2.75, 3.05) is 7.05 Å². The minimum absolute atomic E-state index is 0.203. The zero-order chi connectivity index (χ0) is 10.6. The standard InChI is InChI=1S/C7H12N6O/c1-10-7(14)13(6(8)9)4-5-2-3-11-12-5/h2-3H,4H2,1H3,(H3,8,9)(H,10,14)(H,11,12). The lowest BCUT2D eigenvalue weighted by Gasteiger charge is -2.18. The number of amides is 2. The summed E-state index contributed by atoms with van der Waals surface area (Å²) in [5.74, 6) is -0.307. The Bertz CT molecular complexity index is 319. The van der Waals surface area contributed by atoms with Crippen LogP contribution < -0.4 is 11.1 Å². The number of nitrogens with one attached hydrogen (secondary N) is 3. The number of nitrogens with zero attached hydrogens (tertiary/aromatic N) is 2. The first-order chi connectivity index (χ1) is 6.65. The van der Waals surface area contributed by atoms with Crippen LogP contribution in [-0.4, -0.2) is 34.1 Å². The van der Waals surface area contributed by atoms with E-state index in [1.165, 1.54) is 7.05 Å². The van der Waals surface area contributed by atoms with E-state index in [1.807, 2.05) is 0 Å². The average Bonchev–Trinajstić information content (AvgIpc) is 2.65. The van der Waals surface area contributed by atoms with Gasteiger partial charge in [-0.2, -0.15) is 5.10 Å². The van der Waals surface area contributed by atoms with Gasteiger partial charge < -0.3 is 11.1 Å². The van der Waals surface area contributed by atoms with E-state index in [-0.39, 0.29) is 12.5 Å². The van der Waals surface area contributed by atoms with E-state index in [4.69, 9.17) is 11.1 Å². The lowest BCUT2D eigenvalue weighted by atomic mass is 10.4. The maximum absolute atomic E-state index is 11.2. The summed E-state index contributed by atoms with van der Waals surface area (Å²) >= 11 is 0. The largest absolute Gasteiger partial charge is 0.370 e. The Morgan fingerprint density at radius 1 is 1.86 bits per heavy atom. The van der Waals surface area contributed by atoms with Crippen LogP contribution in [0.15, 0.2) is 12.3 Å².